The molecule has 0 saturated carbocycles. The van der Waals surface area contributed by atoms with Gasteiger partial charge in [0, 0.05) is 25.1 Å². The number of anilines is 1. The monoisotopic (exact) mass is 565 g/mol. The number of rotatable bonds is 13. The minimum atomic E-state index is -3.93. The second kappa shape index (κ2) is 13.7. The van der Waals surface area contributed by atoms with Gasteiger partial charge < -0.3 is 15.0 Å². The molecule has 0 aliphatic carbocycles. The van der Waals surface area contributed by atoms with Crippen LogP contribution in [-0.4, -0.2) is 63.4 Å². The van der Waals surface area contributed by atoms with Crippen molar-refractivity contribution in [2.24, 2.45) is 0 Å². The number of amides is 2. The zero-order chi connectivity index (χ0) is 29.3. The lowest BCUT2D eigenvalue weighted by atomic mass is 10.0. The number of nitrogens with zero attached hydrogens (tertiary/aromatic N) is 2. The summed E-state index contributed by atoms with van der Waals surface area (Å²) in [5, 5.41) is 2.82. The normalized spacial score (nSPS) is 11.8. The predicted molar refractivity (Wildman–Crippen MR) is 155 cm³/mol. The molecule has 0 spiro atoms. The highest BCUT2D eigenvalue weighted by Crippen LogP contribution is 2.22. The van der Waals surface area contributed by atoms with Crippen molar-refractivity contribution in [2.75, 3.05) is 30.8 Å². The molecule has 0 aliphatic rings. The van der Waals surface area contributed by atoms with Crippen molar-refractivity contribution >= 4 is 33.3 Å². The molecule has 3 rings (SSSR count). The zero-order valence-corrected chi connectivity index (χ0v) is 24.0. The van der Waals surface area contributed by atoms with Crippen LogP contribution in [0.25, 0.3) is 0 Å². The van der Waals surface area contributed by atoms with E-state index in [9.17, 15) is 22.8 Å². The number of sulfonamides is 1. The molecule has 9 nitrogen and oxygen atoms in total. The average Bonchev–Trinajstić information content (AvgIpc) is 2.93. The SMILES string of the molecule is CCNC(=O)C(Cc1ccccc1)N(Cc1cccc(OC)c1)C(=O)CN(c1cccc(C(C)=O)c1)S(C)(=O)=O. The molecule has 1 atom stereocenters. The van der Waals surface area contributed by atoms with Crippen LogP contribution in [0.4, 0.5) is 5.69 Å². The highest BCUT2D eigenvalue weighted by molar-refractivity contribution is 7.92. The Morgan fingerprint density at radius 1 is 0.925 bits per heavy atom. The van der Waals surface area contributed by atoms with Gasteiger partial charge in [-0.05, 0) is 49.2 Å². The van der Waals surface area contributed by atoms with Gasteiger partial charge in [-0.3, -0.25) is 18.7 Å². The summed E-state index contributed by atoms with van der Waals surface area (Å²) in [6.07, 6.45) is 1.22. The number of Topliss-reactive ketones (excluding diaryl/α,β-unsaturated/α-hetero) is 1. The van der Waals surface area contributed by atoms with E-state index in [1.807, 2.05) is 36.4 Å². The van der Waals surface area contributed by atoms with E-state index in [1.54, 1.807) is 37.3 Å². The first-order valence-corrected chi connectivity index (χ1v) is 14.7. The molecule has 0 bridgehead atoms. The number of hydrogen-bond donors (Lipinski definition) is 1. The largest absolute Gasteiger partial charge is 0.497 e. The number of methoxy groups -OCH3 is 1. The van der Waals surface area contributed by atoms with Crippen molar-refractivity contribution in [3.05, 3.63) is 95.6 Å². The third-order valence-corrected chi connectivity index (χ3v) is 7.47. The summed E-state index contributed by atoms with van der Waals surface area (Å²) in [5.41, 5.74) is 2.05. The summed E-state index contributed by atoms with van der Waals surface area (Å²) in [7, 11) is -2.40. The molecule has 3 aromatic carbocycles. The molecule has 3 aromatic rings. The van der Waals surface area contributed by atoms with Crippen LogP contribution >= 0.6 is 0 Å². The second-order valence-electron chi connectivity index (χ2n) is 9.35. The van der Waals surface area contributed by atoms with Gasteiger partial charge in [0.2, 0.25) is 21.8 Å². The lowest BCUT2D eigenvalue weighted by molar-refractivity contribution is -0.140. The van der Waals surface area contributed by atoms with Gasteiger partial charge in [0.25, 0.3) is 0 Å². The lowest BCUT2D eigenvalue weighted by Gasteiger charge is -2.33. The number of carbonyl (C=O) groups is 3. The summed E-state index contributed by atoms with van der Waals surface area (Å²) in [6, 6.07) is 21.6. The van der Waals surface area contributed by atoms with Crippen molar-refractivity contribution in [3.8, 4) is 5.75 Å². The fourth-order valence-corrected chi connectivity index (χ4v) is 5.15. The van der Waals surface area contributed by atoms with E-state index < -0.39 is 28.5 Å². The van der Waals surface area contributed by atoms with Crippen LogP contribution in [0.1, 0.15) is 35.3 Å². The summed E-state index contributed by atoms with van der Waals surface area (Å²) >= 11 is 0. The number of ketones is 1. The fraction of sp³-hybridized carbons (Fsp3) is 0.300. The Morgan fingerprint density at radius 2 is 1.60 bits per heavy atom. The molecule has 0 fully saturated rings. The van der Waals surface area contributed by atoms with Gasteiger partial charge in [0.15, 0.2) is 5.78 Å². The standard InChI is InChI=1S/C30H35N3O6S/c1-5-31-30(36)28(18-23-11-7-6-8-12-23)32(20-24-13-9-16-27(17-24)39-3)29(35)21-33(40(4,37)38)26-15-10-14-25(19-26)22(2)34/h6-17,19,28H,5,18,20-21H2,1-4H3,(H,31,36). The molecule has 0 saturated heterocycles. The Morgan fingerprint density at radius 3 is 2.23 bits per heavy atom. The Labute approximate surface area is 235 Å². The molecule has 0 aromatic heterocycles. The first-order chi connectivity index (χ1) is 19.0. The minimum absolute atomic E-state index is 0.0375. The molecule has 40 heavy (non-hydrogen) atoms. The van der Waals surface area contributed by atoms with Crippen molar-refractivity contribution in [1.29, 1.82) is 0 Å². The van der Waals surface area contributed by atoms with E-state index in [4.69, 9.17) is 4.74 Å². The Balaban J connectivity index is 2.07. The van der Waals surface area contributed by atoms with Gasteiger partial charge in [0.05, 0.1) is 19.1 Å². The van der Waals surface area contributed by atoms with Gasteiger partial charge in [-0.15, -0.1) is 0 Å². The lowest BCUT2D eigenvalue weighted by Crippen LogP contribution is -2.53. The Bertz CT molecular complexity index is 1440. The van der Waals surface area contributed by atoms with E-state index in [1.165, 1.54) is 31.1 Å². The van der Waals surface area contributed by atoms with Gasteiger partial charge in [-0.1, -0.05) is 54.6 Å². The smallest absolute Gasteiger partial charge is 0.244 e. The van der Waals surface area contributed by atoms with Crippen LogP contribution in [0.3, 0.4) is 0 Å². The highest BCUT2D eigenvalue weighted by atomic mass is 32.2. The van der Waals surface area contributed by atoms with E-state index in [-0.39, 0.29) is 30.3 Å². The molecular formula is C30H35N3O6S. The van der Waals surface area contributed by atoms with Gasteiger partial charge in [-0.25, -0.2) is 8.42 Å². The number of likely N-dealkylation sites (N-methyl/N-ethyl adjacent to an activating group) is 1. The predicted octanol–water partition coefficient (Wildman–Crippen LogP) is 3.44. The average molecular weight is 566 g/mol. The summed E-state index contributed by atoms with van der Waals surface area (Å²) in [5.74, 6) is -0.581. The number of ether oxygens (including phenoxy) is 1. The molecule has 1 N–H and O–H groups in total. The highest BCUT2D eigenvalue weighted by Gasteiger charge is 2.33. The van der Waals surface area contributed by atoms with Crippen LogP contribution in [0.5, 0.6) is 5.75 Å². The number of hydrogen-bond acceptors (Lipinski definition) is 6. The quantitative estimate of drug-likeness (QED) is 0.318. The molecule has 0 heterocycles. The molecule has 2 amide bonds. The number of carbonyl (C=O) groups excluding carboxylic acids is 3. The van der Waals surface area contributed by atoms with E-state index in [0.717, 1.165) is 16.1 Å². The maximum atomic E-state index is 14.0. The van der Waals surface area contributed by atoms with Gasteiger partial charge in [0.1, 0.15) is 18.3 Å². The van der Waals surface area contributed by atoms with Crippen LogP contribution < -0.4 is 14.4 Å². The maximum Gasteiger partial charge on any atom is 0.244 e. The van der Waals surface area contributed by atoms with E-state index in [0.29, 0.717) is 23.4 Å². The zero-order valence-electron chi connectivity index (χ0n) is 23.2. The molecule has 212 valence electrons. The second-order valence-corrected chi connectivity index (χ2v) is 11.3. The molecule has 10 heteroatoms. The van der Waals surface area contributed by atoms with Crippen LogP contribution in [-0.2, 0) is 32.6 Å². The number of nitrogens with one attached hydrogen (secondary N) is 1. The summed E-state index contributed by atoms with van der Waals surface area (Å²) in [6.45, 7) is 3.01. The molecular weight excluding hydrogens is 530 g/mol. The first kappa shape index (κ1) is 30.4. The summed E-state index contributed by atoms with van der Waals surface area (Å²) < 4.78 is 32.1. The number of benzene rings is 3. The van der Waals surface area contributed by atoms with Crippen molar-refractivity contribution in [3.63, 3.8) is 0 Å². The first-order valence-electron chi connectivity index (χ1n) is 12.9. The van der Waals surface area contributed by atoms with Gasteiger partial charge >= 0.3 is 0 Å². The Hall–Kier alpha value is -4.18. The molecule has 0 radical (unpaired) electrons. The van der Waals surface area contributed by atoms with Crippen LogP contribution in [0, 0.1) is 0 Å². The van der Waals surface area contributed by atoms with E-state index in [2.05, 4.69) is 5.32 Å². The molecule has 0 aliphatic heterocycles. The maximum absolute atomic E-state index is 14.0. The third kappa shape index (κ3) is 8.16. The third-order valence-electron chi connectivity index (χ3n) is 6.33. The summed E-state index contributed by atoms with van der Waals surface area (Å²) in [4.78, 5) is 40.8. The van der Waals surface area contributed by atoms with Crippen LogP contribution in [0.15, 0.2) is 78.9 Å². The molecule has 1 unspecified atom stereocenters. The van der Waals surface area contributed by atoms with Crippen molar-refractivity contribution in [2.45, 2.75) is 32.9 Å². The fourth-order valence-electron chi connectivity index (χ4n) is 4.31. The topological polar surface area (TPSA) is 113 Å². The minimum Gasteiger partial charge on any atom is -0.497 e. The van der Waals surface area contributed by atoms with Crippen molar-refractivity contribution in [1.82, 2.24) is 10.2 Å². The Kier molecular flexibility index (Phi) is 10.4. The van der Waals surface area contributed by atoms with Gasteiger partial charge in [-0.2, -0.15) is 0 Å². The van der Waals surface area contributed by atoms with E-state index >= 15 is 0 Å². The van der Waals surface area contributed by atoms with Crippen molar-refractivity contribution < 1.29 is 27.5 Å². The van der Waals surface area contributed by atoms with Crippen LogP contribution in [0.2, 0.25) is 0 Å².